The quantitative estimate of drug-likeness (QED) is 0.160. The topological polar surface area (TPSA) is 47.9 Å². The van der Waals surface area contributed by atoms with E-state index < -0.39 is 5.79 Å². The maximum Gasteiger partial charge on any atom is 0.233 e. The van der Waals surface area contributed by atoms with Crippen molar-refractivity contribution in [1.29, 1.82) is 0 Å². The van der Waals surface area contributed by atoms with Crippen molar-refractivity contribution in [2.75, 3.05) is 6.61 Å². The van der Waals surface area contributed by atoms with Crippen molar-refractivity contribution in [3.8, 4) is 0 Å². The smallest absolute Gasteiger partial charge is 0.233 e. The van der Waals surface area contributed by atoms with Crippen LogP contribution in [0, 0.1) is 0 Å². The molecular formula is C20H38O4. The molecular weight excluding hydrogens is 304 g/mol. The first-order valence-corrected chi connectivity index (χ1v) is 10.1. The number of unbranched alkanes of at least 4 members (excludes halogenated alkanes) is 4. The number of hydrogen-bond acceptors (Lipinski definition) is 4. The Hall–Kier alpha value is -0.420. The van der Waals surface area contributed by atoms with Crippen LogP contribution in [-0.4, -0.2) is 17.7 Å². The third-order valence-electron chi connectivity index (χ3n) is 4.88. The van der Waals surface area contributed by atoms with Gasteiger partial charge in [-0.05, 0) is 32.1 Å². The lowest BCUT2D eigenvalue weighted by atomic mass is 9.97. The molecule has 0 aliphatic heterocycles. The van der Waals surface area contributed by atoms with Crippen LogP contribution in [0.2, 0.25) is 0 Å². The van der Waals surface area contributed by atoms with Gasteiger partial charge in [0.2, 0.25) is 5.79 Å². The summed E-state index contributed by atoms with van der Waals surface area (Å²) in [6.07, 6.45) is 19.8. The van der Waals surface area contributed by atoms with Gasteiger partial charge >= 0.3 is 0 Å². The maximum atomic E-state index is 9.43. The van der Waals surface area contributed by atoms with E-state index in [2.05, 4.69) is 6.58 Å². The maximum absolute atomic E-state index is 9.43. The van der Waals surface area contributed by atoms with E-state index in [0.29, 0.717) is 19.4 Å². The highest BCUT2D eigenvalue weighted by atomic mass is 17.3. The van der Waals surface area contributed by atoms with Crippen molar-refractivity contribution in [2.24, 2.45) is 0 Å². The van der Waals surface area contributed by atoms with Gasteiger partial charge in [-0.15, -0.1) is 6.58 Å². The first kappa shape index (κ1) is 21.6. The number of rotatable bonds is 10. The molecule has 1 saturated carbocycles. The predicted octanol–water partition coefficient (Wildman–Crippen LogP) is 6.56. The fraction of sp³-hybridized carbons (Fsp3) is 0.900. The van der Waals surface area contributed by atoms with Gasteiger partial charge in [-0.1, -0.05) is 63.9 Å². The Bertz CT molecular complexity index is 281. The van der Waals surface area contributed by atoms with E-state index in [4.69, 9.17) is 14.7 Å². The van der Waals surface area contributed by atoms with Crippen molar-refractivity contribution in [3.63, 3.8) is 0 Å². The molecule has 0 heterocycles. The van der Waals surface area contributed by atoms with Crippen LogP contribution in [0.5, 0.6) is 0 Å². The van der Waals surface area contributed by atoms with E-state index in [1.54, 1.807) is 0 Å². The Labute approximate surface area is 148 Å². The van der Waals surface area contributed by atoms with E-state index in [1.165, 1.54) is 44.9 Å². The minimum absolute atomic E-state index is 0.555. The van der Waals surface area contributed by atoms with Gasteiger partial charge in [0.1, 0.15) is 0 Å². The van der Waals surface area contributed by atoms with E-state index in [1.807, 2.05) is 6.08 Å². The summed E-state index contributed by atoms with van der Waals surface area (Å²) in [5.74, 6) is -0.970. The molecule has 0 bridgehead atoms. The molecule has 0 aromatic rings. The van der Waals surface area contributed by atoms with Gasteiger partial charge in [0.05, 0.1) is 6.61 Å². The molecule has 0 unspecified atom stereocenters. The van der Waals surface area contributed by atoms with Gasteiger partial charge in [-0.25, -0.2) is 15.0 Å². The average Bonchev–Trinajstić information content (AvgIpc) is 2.59. The molecule has 1 rings (SSSR count). The molecule has 4 nitrogen and oxygen atoms in total. The van der Waals surface area contributed by atoms with Gasteiger partial charge in [-0.2, -0.15) is 4.89 Å². The largest absolute Gasteiger partial charge is 0.249 e. The van der Waals surface area contributed by atoms with Crippen molar-refractivity contribution >= 4 is 0 Å². The summed E-state index contributed by atoms with van der Waals surface area (Å²) in [5.41, 5.74) is 0. The van der Waals surface area contributed by atoms with Crippen LogP contribution in [0.25, 0.3) is 0 Å². The average molecular weight is 343 g/mol. The minimum atomic E-state index is -0.970. The molecule has 1 aliphatic rings. The summed E-state index contributed by atoms with van der Waals surface area (Å²) >= 11 is 0. The first-order chi connectivity index (χ1) is 11.8. The standard InChI is InChI=1S/C20H38O4/c1-2-3-4-5-13-16-19-22-24-20(23-21)17-14-11-9-7-6-8-10-12-15-18-20/h2,21H,1,3-19H2. The molecule has 0 radical (unpaired) electrons. The number of hydrogen-bond donors (Lipinski definition) is 1. The van der Waals surface area contributed by atoms with Gasteiger partial charge in [0.25, 0.3) is 0 Å². The second-order valence-electron chi connectivity index (χ2n) is 7.08. The molecule has 0 amide bonds. The second-order valence-corrected chi connectivity index (χ2v) is 7.08. The summed E-state index contributed by atoms with van der Waals surface area (Å²) in [6, 6.07) is 0. The number of allylic oxidation sites excluding steroid dienone is 1. The summed E-state index contributed by atoms with van der Waals surface area (Å²) in [7, 11) is 0. The van der Waals surface area contributed by atoms with Crippen LogP contribution in [-0.2, 0) is 14.7 Å². The van der Waals surface area contributed by atoms with Gasteiger partial charge in [-0.3, -0.25) is 0 Å². The van der Waals surface area contributed by atoms with E-state index in [9.17, 15) is 5.26 Å². The molecule has 4 heteroatoms. The fourth-order valence-electron chi connectivity index (χ4n) is 3.29. The second kappa shape index (κ2) is 14.9. The highest BCUT2D eigenvalue weighted by Crippen LogP contribution is 2.29. The fourth-order valence-corrected chi connectivity index (χ4v) is 3.29. The van der Waals surface area contributed by atoms with Crippen LogP contribution in [0.1, 0.15) is 103 Å². The Morgan fingerprint density at radius 1 is 0.792 bits per heavy atom. The lowest BCUT2D eigenvalue weighted by Crippen LogP contribution is -2.35. The van der Waals surface area contributed by atoms with Crippen molar-refractivity contribution < 1.29 is 19.9 Å². The SMILES string of the molecule is C=CCCCCCCOOC1(OO)CCCCCCCCCCC1. The molecule has 1 N–H and O–H groups in total. The molecule has 0 aromatic carbocycles. The summed E-state index contributed by atoms with van der Waals surface area (Å²) < 4.78 is 0. The van der Waals surface area contributed by atoms with Crippen molar-refractivity contribution in [3.05, 3.63) is 12.7 Å². The van der Waals surface area contributed by atoms with Crippen LogP contribution in [0.4, 0.5) is 0 Å². The Morgan fingerprint density at radius 3 is 1.88 bits per heavy atom. The lowest BCUT2D eigenvalue weighted by molar-refractivity contribution is -0.503. The first-order valence-electron chi connectivity index (χ1n) is 10.1. The van der Waals surface area contributed by atoms with Crippen LogP contribution >= 0.6 is 0 Å². The lowest BCUT2D eigenvalue weighted by Gasteiger charge is -2.29. The molecule has 24 heavy (non-hydrogen) atoms. The molecule has 142 valence electrons. The predicted molar refractivity (Wildman–Crippen MR) is 97.6 cm³/mol. The Balaban J connectivity index is 2.26. The molecule has 0 spiro atoms. The summed E-state index contributed by atoms with van der Waals surface area (Å²) in [5, 5.41) is 9.43. The molecule has 0 atom stereocenters. The van der Waals surface area contributed by atoms with Crippen molar-refractivity contribution in [1.82, 2.24) is 0 Å². The van der Waals surface area contributed by atoms with E-state index >= 15 is 0 Å². The van der Waals surface area contributed by atoms with Gasteiger partial charge in [0.15, 0.2) is 0 Å². The molecule has 0 saturated heterocycles. The zero-order chi connectivity index (χ0) is 17.3. The van der Waals surface area contributed by atoms with Crippen LogP contribution in [0.15, 0.2) is 12.7 Å². The van der Waals surface area contributed by atoms with Gasteiger partial charge < -0.3 is 0 Å². The minimum Gasteiger partial charge on any atom is -0.249 e. The van der Waals surface area contributed by atoms with Crippen molar-refractivity contribution in [2.45, 2.75) is 109 Å². The monoisotopic (exact) mass is 342 g/mol. The third kappa shape index (κ3) is 10.4. The highest BCUT2D eigenvalue weighted by molar-refractivity contribution is 4.69. The van der Waals surface area contributed by atoms with E-state index in [-0.39, 0.29) is 0 Å². The third-order valence-corrected chi connectivity index (χ3v) is 4.88. The summed E-state index contributed by atoms with van der Waals surface area (Å²) in [4.78, 5) is 15.7. The van der Waals surface area contributed by atoms with E-state index in [0.717, 1.165) is 44.9 Å². The normalized spacial score (nSPS) is 20.0. The Morgan fingerprint density at radius 2 is 1.33 bits per heavy atom. The highest BCUT2D eigenvalue weighted by Gasteiger charge is 2.33. The molecule has 1 aliphatic carbocycles. The Kier molecular flexibility index (Phi) is 13.4. The van der Waals surface area contributed by atoms with Gasteiger partial charge in [0, 0.05) is 12.8 Å². The zero-order valence-corrected chi connectivity index (χ0v) is 15.5. The molecule has 1 fully saturated rings. The molecule has 0 aromatic heterocycles. The summed E-state index contributed by atoms with van der Waals surface area (Å²) in [6.45, 7) is 4.29. The van der Waals surface area contributed by atoms with Crippen LogP contribution in [0.3, 0.4) is 0 Å². The zero-order valence-electron chi connectivity index (χ0n) is 15.5. The van der Waals surface area contributed by atoms with Crippen LogP contribution < -0.4 is 0 Å².